The van der Waals surface area contributed by atoms with Crippen molar-refractivity contribution in [1.29, 1.82) is 0 Å². The Hall–Kier alpha value is -2.16. The van der Waals surface area contributed by atoms with E-state index >= 15 is 0 Å². The van der Waals surface area contributed by atoms with Crippen LogP contribution in [0.3, 0.4) is 0 Å². The van der Waals surface area contributed by atoms with E-state index in [1.54, 1.807) is 31.0 Å². The minimum absolute atomic E-state index is 0.175. The van der Waals surface area contributed by atoms with E-state index in [1.807, 2.05) is 0 Å². The number of nitrogens with zero attached hydrogens (tertiary/aromatic N) is 4. The fourth-order valence-electron chi connectivity index (χ4n) is 2.60. The van der Waals surface area contributed by atoms with E-state index in [4.69, 9.17) is 21.1 Å². The van der Waals surface area contributed by atoms with Gasteiger partial charge in [0.1, 0.15) is 5.52 Å². The Balaban J connectivity index is 2.29. The summed E-state index contributed by atoms with van der Waals surface area (Å²) in [5.74, 6) is 0. The molecule has 9 heteroatoms. The van der Waals surface area contributed by atoms with Gasteiger partial charge in [-0.05, 0) is 6.07 Å². The molecule has 0 aliphatic rings. The van der Waals surface area contributed by atoms with Crippen LogP contribution in [-0.4, -0.2) is 57.3 Å². The van der Waals surface area contributed by atoms with Crippen molar-refractivity contribution in [2.24, 2.45) is 0 Å². The molecule has 0 atom stereocenters. The number of methoxy groups -OCH3 is 2. The van der Waals surface area contributed by atoms with Gasteiger partial charge in [0.15, 0.2) is 5.65 Å². The quantitative estimate of drug-likeness (QED) is 0.714. The number of hydrogen-bond donors (Lipinski definition) is 2. The van der Waals surface area contributed by atoms with E-state index in [0.29, 0.717) is 40.7 Å². The summed E-state index contributed by atoms with van der Waals surface area (Å²) >= 11 is 6.33. The number of aromatic amines is 1. The zero-order valence-corrected chi connectivity index (χ0v) is 13.4. The van der Waals surface area contributed by atoms with Gasteiger partial charge >= 0.3 is 0 Å². The highest BCUT2D eigenvalue weighted by molar-refractivity contribution is 6.34. The molecule has 0 aliphatic carbocycles. The van der Waals surface area contributed by atoms with Crippen molar-refractivity contribution < 1.29 is 14.6 Å². The fourth-order valence-corrected chi connectivity index (χ4v) is 2.83. The smallest absolute Gasteiger partial charge is 0.296 e. The molecular formula is C14H16ClN5O3. The van der Waals surface area contributed by atoms with Crippen LogP contribution >= 0.6 is 11.6 Å². The maximum atomic E-state index is 10.3. The first-order valence-corrected chi connectivity index (χ1v) is 7.28. The van der Waals surface area contributed by atoms with Crippen molar-refractivity contribution in [2.75, 3.05) is 27.4 Å². The van der Waals surface area contributed by atoms with E-state index in [1.165, 1.54) is 6.20 Å². The Morgan fingerprint density at radius 3 is 2.70 bits per heavy atom. The molecule has 23 heavy (non-hydrogen) atoms. The van der Waals surface area contributed by atoms with Crippen molar-refractivity contribution in [3.05, 3.63) is 23.5 Å². The molecule has 0 unspecified atom stereocenters. The zero-order valence-electron chi connectivity index (χ0n) is 12.7. The Labute approximate surface area is 137 Å². The molecule has 0 aliphatic heterocycles. The highest BCUT2D eigenvalue weighted by Crippen LogP contribution is 2.36. The van der Waals surface area contributed by atoms with Crippen LogP contribution in [0.4, 0.5) is 0 Å². The number of pyridine rings is 1. The van der Waals surface area contributed by atoms with Crippen LogP contribution in [0.15, 0.2) is 18.5 Å². The summed E-state index contributed by atoms with van der Waals surface area (Å²) in [6.45, 7) is 0.665. The molecule has 122 valence electrons. The number of ether oxygens (including phenoxy) is 2. The second kappa shape index (κ2) is 6.53. The van der Waals surface area contributed by atoms with Crippen LogP contribution in [-0.2, 0) is 9.47 Å². The SMILES string of the molecule is COCC(COC)n1c(O)nc2ncc(Cl)c(-c3cc[nH]n3)c21. The van der Waals surface area contributed by atoms with Crippen molar-refractivity contribution >= 4 is 22.8 Å². The maximum Gasteiger partial charge on any atom is 0.296 e. The molecule has 0 amide bonds. The Bertz CT molecular complexity index is 796. The van der Waals surface area contributed by atoms with Crippen LogP contribution in [0.1, 0.15) is 6.04 Å². The molecule has 2 N–H and O–H groups in total. The highest BCUT2D eigenvalue weighted by Gasteiger charge is 2.24. The molecule has 8 nitrogen and oxygen atoms in total. The van der Waals surface area contributed by atoms with E-state index < -0.39 is 0 Å². The summed E-state index contributed by atoms with van der Waals surface area (Å²) in [5.41, 5.74) is 2.24. The second-order valence-electron chi connectivity index (χ2n) is 4.96. The van der Waals surface area contributed by atoms with E-state index in [9.17, 15) is 5.11 Å². The van der Waals surface area contributed by atoms with Crippen LogP contribution < -0.4 is 0 Å². The number of rotatable bonds is 6. The highest BCUT2D eigenvalue weighted by atomic mass is 35.5. The van der Waals surface area contributed by atoms with Crippen molar-refractivity contribution in [3.63, 3.8) is 0 Å². The van der Waals surface area contributed by atoms with Crippen molar-refractivity contribution in [3.8, 4) is 17.3 Å². The number of nitrogens with one attached hydrogen (secondary N) is 1. The first kappa shape index (κ1) is 15.7. The fraction of sp³-hybridized carbons (Fsp3) is 0.357. The van der Waals surface area contributed by atoms with Gasteiger partial charge in [0.05, 0.1) is 30.0 Å². The number of hydrogen-bond acceptors (Lipinski definition) is 6. The molecule has 3 heterocycles. The predicted octanol–water partition coefficient (Wildman–Crippen LogP) is 2.01. The molecule has 3 rings (SSSR count). The average molecular weight is 338 g/mol. The van der Waals surface area contributed by atoms with Gasteiger partial charge in [-0.15, -0.1) is 0 Å². The topological polar surface area (TPSA) is 98.1 Å². The summed E-state index contributed by atoms with van der Waals surface area (Å²) in [6.07, 6.45) is 3.19. The number of aromatic hydroxyl groups is 1. The Morgan fingerprint density at radius 2 is 2.09 bits per heavy atom. The molecule has 0 bridgehead atoms. The van der Waals surface area contributed by atoms with Crippen LogP contribution in [0.25, 0.3) is 22.4 Å². The standard InChI is InChI=1S/C14H16ClN5O3/c1-22-6-8(7-23-2)20-12-11(10-3-4-17-19-10)9(15)5-16-13(12)18-14(20)21/h3-5,8H,6-7H2,1-2H3,(H,17,19)(H,16,18,21). The first-order chi connectivity index (χ1) is 11.2. The normalized spacial score (nSPS) is 11.7. The van der Waals surface area contributed by atoms with Crippen LogP contribution in [0.5, 0.6) is 6.01 Å². The first-order valence-electron chi connectivity index (χ1n) is 6.90. The molecule has 3 aromatic rings. The second-order valence-corrected chi connectivity index (χ2v) is 5.37. The number of aromatic nitrogens is 5. The molecule has 0 saturated carbocycles. The monoisotopic (exact) mass is 337 g/mol. The van der Waals surface area contributed by atoms with Gasteiger partial charge in [-0.2, -0.15) is 10.1 Å². The van der Waals surface area contributed by atoms with Crippen molar-refractivity contribution in [2.45, 2.75) is 6.04 Å². The van der Waals surface area contributed by atoms with Gasteiger partial charge < -0.3 is 14.6 Å². The van der Waals surface area contributed by atoms with Crippen LogP contribution in [0, 0.1) is 0 Å². The predicted molar refractivity (Wildman–Crippen MR) is 84.6 cm³/mol. The lowest BCUT2D eigenvalue weighted by Crippen LogP contribution is -2.19. The maximum absolute atomic E-state index is 10.3. The third-order valence-corrected chi connectivity index (χ3v) is 3.78. The summed E-state index contributed by atoms with van der Waals surface area (Å²) in [7, 11) is 3.16. The Kier molecular flexibility index (Phi) is 4.46. The summed E-state index contributed by atoms with van der Waals surface area (Å²) in [5, 5.41) is 17.6. The minimum atomic E-state index is -0.284. The molecule has 0 spiro atoms. The van der Waals surface area contributed by atoms with E-state index in [-0.39, 0.29) is 12.1 Å². The molecule has 0 saturated heterocycles. The molecule has 0 fully saturated rings. The van der Waals surface area contributed by atoms with Gasteiger partial charge in [-0.25, -0.2) is 4.98 Å². The number of H-pyrrole nitrogens is 1. The zero-order chi connectivity index (χ0) is 16.4. The average Bonchev–Trinajstić information content (AvgIpc) is 3.14. The van der Waals surface area contributed by atoms with Crippen molar-refractivity contribution in [1.82, 2.24) is 24.7 Å². The lowest BCUT2D eigenvalue weighted by molar-refractivity contribution is 0.0873. The molecule has 0 radical (unpaired) electrons. The summed E-state index contributed by atoms with van der Waals surface area (Å²) in [6, 6.07) is 1.33. The van der Waals surface area contributed by atoms with Gasteiger partial charge in [-0.1, -0.05) is 11.6 Å². The van der Waals surface area contributed by atoms with Crippen LogP contribution in [0.2, 0.25) is 5.02 Å². The third-order valence-electron chi connectivity index (χ3n) is 3.49. The molecule has 3 aromatic heterocycles. The van der Waals surface area contributed by atoms with Gasteiger partial charge in [0, 0.05) is 32.2 Å². The number of halogens is 1. The Morgan fingerprint density at radius 1 is 1.35 bits per heavy atom. The summed E-state index contributed by atoms with van der Waals surface area (Å²) in [4.78, 5) is 8.30. The van der Waals surface area contributed by atoms with Gasteiger partial charge in [0.2, 0.25) is 0 Å². The number of imidazole rings is 1. The van der Waals surface area contributed by atoms with Gasteiger partial charge in [0.25, 0.3) is 6.01 Å². The minimum Gasteiger partial charge on any atom is -0.480 e. The van der Waals surface area contributed by atoms with Gasteiger partial charge in [-0.3, -0.25) is 9.67 Å². The molecular weight excluding hydrogens is 322 g/mol. The lowest BCUT2D eigenvalue weighted by Gasteiger charge is -2.19. The van der Waals surface area contributed by atoms with E-state index in [2.05, 4.69) is 20.2 Å². The third kappa shape index (κ3) is 2.76. The molecule has 0 aromatic carbocycles. The largest absolute Gasteiger partial charge is 0.480 e. The summed E-state index contributed by atoms with van der Waals surface area (Å²) < 4.78 is 12.1. The number of fused-ring (bicyclic) bond motifs is 1. The lowest BCUT2D eigenvalue weighted by atomic mass is 10.1. The van der Waals surface area contributed by atoms with E-state index in [0.717, 1.165) is 0 Å².